The van der Waals surface area contributed by atoms with E-state index in [1.165, 1.54) is 23.8 Å². The van der Waals surface area contributed by atoms with Gasteiger partial charge in [-0.15, -0.1) is 0 Å². The van der Waals surface area contributed by atoms with E-state index in [1.807, 2.05) is 0 Å². The summed E-state index contributed by atoms with van der Waals surface area (Å²) < 4.78 is 20.2. The molecule has 0 aliphatic heterocycles. The highest BCUT2D eigenvalue weighted by Gasteiger charge is 2.18. The molecule has 0 saturated heterocycles. The average Bonchev–Trinajstić information content (AvgIpc) is 3.32. The van der Waals surface area contributed by atoms with Crippen molar-refractivity contribution in [1.82, 2.24) is 20.0 Å². The summed E-state index contributed by atoms with van der Waals surface area (Å²) in [4.78, 5) is 41.7. The van der Waals surface area contributed by atoms with Gasteiger partial charge in [-0.1, -0.05) is 24.3 Å². The Labute approximate surface area is 214 Å². The molecule has 0 spiro atoms. The molecule has 2 aromatic heterocycles. The molecule has 4 aromatic rings. The lowest BCUT2D eigenvalue weighted by atomic mass is 10.1. The topological polar surface area (TPSA) is 102 Å². The Hall–Kier alpha value is -4.05. The number of aromatic nitrogens is 2. The van der Waals surface area contributed by atoms with Crippen molar-refractivity contribution < 1.29 is 23.5 Å². The number of pyridine rings is 1. The van der Waals surface area contributed by atoms with Gasteiger partial charge < -0.3 is 15.4 Å². The number of aryl methyl sites for hydroxylation is 1. The van der Waals surface area contributed by atoms with E-state index in [0.717, 1.165) is 11.1 Å². The third-order valence-electron chi connectivity index (χ3n) is 5.53. The molecule has 10 heteroatoms. The predicted molar refractivity (Wildman–Crippen MR) is 134 cm³/mol. The van der Waals surface area contributed by atoms with Crippen molar-refractivity contribution in [3.8, 4) is 0 Å². The Balaban J connectivity index is 1.48. The number of hydrogen-bond donors (Lipinski definition) is 2. The smallest absolute Gasteiger partial charge is 0.337 e. The van der Waals surface area contributed by atoms with Crippen LogP contribution in [0.5, 0.6) is 0 Å². The van der Waals surface area contributed by atoms with E-state index in [9.17, 15) is 18.8 Å². The highest BCUT2D eigenvalue weighted by molar-refractivity contribution is 9.10. The van der Waals surface area contributed by atoms with Crippen LogP contribution in [0.15, 0.2) is 65.3 Å². The fraction of sp³-hybridized carbons (Fsp3) is 0.154. The zero-order valence-electron chi connectivity index (χ0n) is 19.5. The van der Waals surface area contributed by atoms with E-state index in [2.05, 4.69) is 36.3 Å². The molecule has 0 unspecified atom stereocenters. The summed E-state index contributed by atoms with van der Waals surface area (Å²) >= 11 is 3.41. The van der Waals surface area contributed by atoms with Crippen molar-refractivity contribution in [1.29, 1.82) is 0 Å². The molecule has 2 N–H and O–H groups in total. The number of imidazole rings is 1. The number of halogens is 2. The molecule has 184 valence electrons. The number of carbonyl (C=O) groups is 3. The molecule has 0 atom stereocenters. The summed E-state index contributed by atoms with van der Waals surface area (Å²) in [6, 6.07) is 14.7. The first-order chi connectivity index (χ1) is 17.3. The highest BCUT2D eigenvalue weighted by atomic mass is 79.9. The van der Waals surface area contributed by atoms with Crippen molar-refractivity contribution in [2.24, 2.45) is 0 Å². The van der Waals surface area contributed by atoms with Gasteiger partial charge in [0.1, 0.15) is 22.9 Å². The van der Waals surface area contributed by atoms with Gasteiger partial charge in [-0.05, 0) is 69.9 Å². The van der Waals surface area contributed by atoms with Gasteiger partial charge in [0.15, 0.2) is 0 Å². The molecule has 2 aromatic carbocycles. The van der Waals surface area contributed by atoms with E-state index in [1.54, 1.807) is 55.5 Å². The minimum atomic E-state index is -0.436. The maximum atomic E-state index is 13.5. The van der Waals surface area contributed by atoms with E-state index < -0.39 is 11.9 Å². The molecule has 0 aliphatic carbocycles. The first-order valence-electron chi connectivity index (χ1n) is 10.9. The number of rotatable bonds is 7. The van der Waals surface area contributed by atoms with E-state index >= 15 is 0 Å². The van der Waals surface area contributed by atoms with Gasteiger partial charge in [-0.25, -0.2) is 14.2 Å². The van der Waals surface area contributed by atoms with Crippen molar-refractivity contribution in [3.63, 3.8) is 0 Å². The molecule has 8 nitrogen and oxygen atoms in total. The largest absolute Gasteiger partial charge is 0.465 e. The molecule has 0 saturated carbocycles. The van der Waals surface area contributed by atoms with Crippen LogP contribution in [0.3, 0.4) is 0 Å². The number of methoxy groups -OCH3 is 1. The maximum absolute atomic E-state index is 13.5. The number of nitrogens with one attached hydrogen (secondary N) is 2. The lowest BCUT2D eigenvalue weighted by Crippen LogP contribution is -2.25. The lowest BCUT2D eigenvalue weighted by Gasteiger charge is -2.10. The predicted octanol–water partition coefficient (Wildman–Crippen LogP) is 4.19. The van der Waals surface area contributed by atoms with Gasteiger partial charge in [0.05, 0.1) is 12.7 Å². The quantitative estimate of drug-likeness (QED) is 0.335. The fourth-order valence-corrected chi connectivity index (χ4v) is 4.10. The molecule has 4 rings (SSSR count). The standard InChI is InChI=1S/C26H22BrFN4O4/c1-15-11-17(5-9-20(15)28)13-29-24(33)21-14-32-22(31-21)10-8-19(27)23(32)25(34)30-12-16-3-6-18(7-4-16)26(35)36-2/h3-11,14H,12-13H2,1-2H3,(H,29,33)(H,30,34). The average molecular weight is 553 g/mol. The molecular formula is C26H22BrFN4O4. The number of benzene rings is 2. The van der Waals surface area contributed by atoms with Gasteiger partial charge in [0.2, 0.25) is 0 Å². The number of esters is 1. The number of ether oxygens (including phenoxy) is 1. The second kappa shape index (κ2) is 10.7. The Morgan fingerprint density at radius 1 is 0.972 bits per heavy atom. The van der Waals surface area contributed by atoms with E-state index in [-0.39, 0.29) is 36.2 Å². The van der Waals surface area contributed by atoms with Gasteiger partial charge >= 0.3 is 5.97 Å². The van der Waals surface area contributed by atoms with Crippen molar-refractivity contribution in [3.05, 3.63) is 105 Å². The van der Waals surface area contributed by atoms with Crippen LogP contribution in [0.1, 0.15) is 48.0 Å². The normalized spacial score (nSPS) is 10.8. The maximum Gasteiger partial charge on any atom is 0.337 e. The summed E-state index contributed by atoms with van der Waals surface area (Å²) in [7, 11) is 1.31. The first-order valence-corrected chi connectivity index (χ1v) is 11.7. The van der Waals surface area contributed by atoms with Crippen LogP contribution in [0.4, 0.5) is 4.39 Å². The minimum Gasteiger partial charge on any atom is -0.465 e. The Morgan fingerprint density at radius 3 is 2.33 bits per heavy atom. The van der Waals surface area contributed by atoms with Crippen LogP contribution in [-0.2, 0) is 17.8 Å². The molecule has 36 heavy (non-hydrogen) atoms. The molecule has 0 radical (unpaired) electrons. The Bertz CT molecular complexity index is 1470. The van der Waals surface area contributed by atoms with Crippen LogP contribution < -0.4 is 10.6 Å². The number of nitrogens with zero attached hydrogens (tertiary/aromatic N) is 2. The zero-order valence-corrected chi connectivity index (χ0v) is 21.1. The molecule has 2 amide bonds. The third kappa shape index (κ3) is 5.44. The summed E-state index contributed by atoms with van der Waals surface area (Å²) in [6.07, 6.45) is 1.49. The first kappa shape index (κ1) is 25.1. The third-order valence-corrected chi connectivity index (χ3v) is 6.17. The second-order valence-corrected chi connectivity index (χ2v) is 8.88. The fourth-order valence-electron chi connectivity index (χ4n) is 3.59. The van der Waals surface area contributed by atoms with Gasteiger partial charge in [-0.2, -0.15) is 0 Å². The second-order valence-electron chi connectivity index (χ2n) is 8.02. The van der Waals surface area contributed by atoms with Crippen molar-refractivity contribution in [2.75, 3.05) is 7.11 Å². The molecule has 0 fully saturated rings. The monoisotopic (exact) mass is 552 g/mol. The van der Waals surface area contributed by atoms with Crippen LogP contribution >= 0.6 is 15.9 Å². The van der Waals surface area contributed by atoms with Crippen LogP contribution in [0.25, 0.3) is 5.65 Å². The highest BCUT2D eigenvalue weighted by Crippen LogP contribution is 2.20. The zero-order chi connectivity index (χ0) is 25.8. The van der Waals surface area contributed by atoms with Crippen molar-refractivity contribution in [2.45, 2.75) is 20.0 Å². The van der Waals surface area contributed by atoms with Crippen LogP contribution in [-0.4, -0.2) is 34.3 Å². The van der Waals surface area contributed by atoms with Gasteiger partial charge in [-0.3, -0.25) is 14.0 Å². The van der Waals surface area contributed by atoms with Gasteiger partial charge in [0, 0.05) is 23.8 Å². The summed E-state index contributed by atoms with van der Waals surface area (Å²) in [5.41, 5.74) is 3.30. The number of hydrogen-bond acceptors (Lipinski definition) is 5. The summed E-state index contributed by atoms with van der Waals surface area (Å²) in [6.45, 7) is 2.09. The number of amides is 2. The molecule has 0 aliphatic rings. The summed E-state index contributed by atoms with van der Waals surface area (Å²) in [5, 5.41) is 5.61. The Kier molecular flexibility index (Phi) is 7.44. The lowest BCUT2D eigenvalue weighted by molar-refractivity contribution is 0.0600. The van der Waals surface area contributed by atoms with E-state index in [4.69, 9.17) is 0 Å². The van der Waals surface area contributed by atoms with Gasteiger partial charge in [0.25, 0.3) is 11.8 Å². The SMILES string of the molecule is COC(=O)c1ccc(CNC(=O)c2c(Br)ccc3nc(C(=O)NCc4ccc(F)c(C)c4)cn23)cc1. The van der Waals surface area contributed by atoms with E-state index in [0.29, 0.717) is 21.2 Å². The van der Waals surface area contributed by atoms with Crippen LogP contribution in [0.2, 0.25) is 0 Å². The molecule has 2 heterocycles. The summed E-state index contributed by atoms with van der Waals surface area (Å²) in [5.74, 6) is -1.54. The number of carbonyl (C=O) groups excluding carboxylic acids is 3. The minimum absolute atomic E-state index is 0.138. The van der Waals surface area contributed by atoms with Crippen molar-refractivity contribution >= 4 is 39.4 Å². The molecular weight excluding hydrogens is 531 g/mol. The van der Waals surface area contributed by atoms with Crippen LogP contribution in [0, 0.1) is 12.7 Å². The number of fused-ring (bicyclic) bond motifs is 1. The molecule has 0 bridgehead atoms. The Morgan fingerprint density at radius 2 is 1.64 bits per heavy atom.